The minimum absolute atomic E-state index is 0. The Labute approximate surface area is 67.8 Å². The monoisotopic (exact) mass is 188 g/mol. The van der Waals surface area contributed by atoms with Crippen LogP contribution in [0.3, 0.4) is 0 Å². The number of carbonyl (C=O) groups excluding carboxylic acids is 3. The van der Waals surface area contributed by atoms with Gasteiger partial charge in [-0.3, -0.25) is 9.59 Å². The summed E-state index contributed by atoms with van der Waals surface area (Å²) >= 11 is 0. The number of ketones is 1. The fraction of sp³-hybridized carbons (Fsp3) is 0.400. The fourth-order valence-corrected chi connectivity index (χ4v) is 0.202. The molecule has 0 atom stereocenters. The normalized spacial score (nSPS) is 7.40. The Kier molecular flexibility index (Phi) is 6.15. The molecule has 60 valence electrons. The minimum Gasteiger partial charge on any atom is -0.387 e. The number of hydrogen-bond donors (Lipinski definition) is 0. The molecule has 0 amide bonds. The van der Waals surface area contributed by atoms with Crippen LogP contribution in [0.4, 0.5) is 0 Å². The molecule has 0 fully saturated rings. The van der Waals surface area contributed by atoms with Crippen LogP contribution < -0.4 is 0 Å². The fourth-order valence-electron chi connectivity index (χ4n) is 0.202. The predicted molar refractivity (Wildman–Crippen MR) is 27.5 cm³/mol. The number of ether oxygens (including phenoxy) is 1. The quantitative estimate of drug-likeness (QED) is 0.245. The van der Waals surface area contributed by atoms with Crippen molar-refractivity contribution in [2.24, 2.45) is 0 Å². The van der Waals surface area contributed by atoms with Gasteiger partial charge >= 0.3 is 11.9 Å². The van der Waals surface area contributed by atoms with Gasteiger partial charge in [-0.05, 0) is 0 Å². The van der Waals surface area contributed by atoms with E-state index in [1.165, 1.54) is 0 Å². The van der Waals surface area contributed by atoms with Gasteiger partial charge in [0, 0.05) is 30.3 Å². The summed E-state index contributed by atoms with van der Waals surface area (Å²) in [5, 5.41) is 0. The second-order valence-electron chi connectivity index (χ2n) is 1.44. The van der Waals surface area contributed by atoms with Crippen LogP contribution in [-0.4, -0.2) is 17.7 Å². The first kappa shape index (κ1) is 12.0. The molecule has 0 saturated heterocycles. The molecule has 0 aliphatic carbocycles. The molecule has 10 heavy (non-hydrogen) atoms. The third-order valence-corrected chi connectivity index (χ3v) is 0.524. The van der Waals surface area contributed by atoms with E-state index in [1.807, 2.05) is 0 Å². The van der Waals surface area contributed by atoms with E-state index in [2.05, 4.69) is 4.74 Å². The third kappa shape index (κ3) is 5.44. The Morgan fingerprint density at radius 1 is 1.10 bits per heavy atom. The second-order valence-corrected chi connectivity index (χ2v) is 1.44. The first-order valence-electron chi connectivity index (χ1n) is 2.27. The van der Waals surface area contributed by atoms with Crippen LogP contribution in [0.2, 0.25) is 0 Å². The van der Waals surface area contributed by atoms with E-state index in [4.69, 9.17) is 0 Å². The summed E-state index contributed by atoms with van der Waals surface area (Å²) in [6.45, 7) is 2.09. The van der Waals surface area contributed by atoms with Crippen molar-refractivity contribution < 1.29 is 35.6 Å². The van der Waals surface area contributed by atoms with Gasteiger partial charge in [0.15, 0.2) is 0 Å². The van der Waals surface area contributed by atoms with Crippen molar-refractivity contribution in [3.8, 4) is 0 Å². The number of esters is 2. The Balaban J connectivity index is 0. The first-order chi connectivity index (χ1) is 4.04. The van der Waals surface area contributed by atoms with Gasteiger partial charge in [-0.25, -0.2) is 4.79 Å². The summed E-state index contributed by atoms with van der Waals surface area (Å²) in [6.07, 6.45) is 0. The summed E-state index contributed by atoms with van der Waals surface area (Å²) in [5.41, 5.74) is 0. The van der Waals surface area contributed by atoms with Gasteiger partial charge < -0.3 is 4.74 Å². The number of carbonyl (C=O) groups is 3. The zero-order chi connectivity index (χ0) is 7.44. The van der Waals surface area contributed by atoms with Gasteiger partial charge in [0.05, 0.1) is 0 Å². The number of hydrogen-bond acceptors (Lipinski definition) is 4. The van der Waals surface area contributed by atoms with Crippen LogP contribution >= 0.6 is 0 Å². The van der Waals surface area contributed by atoms with Crippen LogP contribution in [-0.2, 0) is 35.6 Å². The molecule has 0 rings (SSSR count). The smallest absolute Gasteiger partial charge is 0.381 e. The minimum atomic E-state index is -1.11. The molecule has 0 aliphatic rings. The van der Waals surface area contributed by atoms with Crippen LogP contribution in [0.1, 0.15) is 13.8 Å². The molecule has 0 unspecified atom stereocenters. The Morgan fingerprint density at radius 2 is 1.50 bits per heavy atom. The largest absolute Gasteiger partial charge is 0.387 e. The number of Topliss-reactive ketones (excluding diaryl/α,β-unsaturated/α-hetero) is 1. The van der Waals surface area contributed by atoms with Crippen molar-refractivity contribution in [3.05, 3.63) is 0 Å². The molecule has 0 radical (unpaired) electrons. The van der Waals surface area contributed by atoms with E-state index in [1.54, 1.807) is 0 Å². The molecule has 0 bridgehead atoms. The van der Waals surface area contributed by atoms with Gasteiger partial charge in [0.25, 0.3) is 0 Å². The molecule has 0 saturated carbocycles. The zero-order valence-electron chi connectivity index (χ0n) is 5.45. The molecule has 0 aromatic carbocycles. The van der Waals surface area contributed by atoms with Crippen molar-refractivity contribution in [3.63, 3.8) is 0 Å². The topological polar surface area (TPSA) is 60.4 Å². The van der Waals surface area contributed by atoms with Crippen molar-refractivity contribution in [2.75, 3.05) is 0 Å². The third-order valence-electron chi connectivity index (χ3n) is 0.524. The molecular weight excluding hydrogens is 183 g/mol. The van der Waals surface area contributed by atoms with E-state index >= 15 is 0 Å². The Morgan fingerprint density at radius 3 is 1.60 bits per heavy atom. The molecule has 4 nitrogen and oxygen atoms in total. The second kappa shape index (κ2) is 5.12. The van der Waals surface area contributed by atoms with E-state index < -0.39 is 17.7 Å². The van der Waals surface area contributed by atoms with Crippen molar-refractivity contribution in [1.82, 2.24) is 0 Å². The average molecular weight is 189 g/mol. The Bertz CT molecular complexity index is 163. The molecule has 5 heteroatoms. The van der Waals surface area contributed by atoms with E-state index in [-0.39, 0.29) is 16.5 Å². The van der Waals surface area contributed by atoms with Crippen molar-refractivity contribution >= 4 is 17.7 Å². The van der Waals surface area contributed by atoms with Gasteiger partial charge in [0.1, 0.15) is 0 Å². The first-order valence-corrected chi connectivity index (χ1v) is 2.27. The summed E-state index contributed by atoms with van der Waals surface area (Å²) in [7, 11) is 0. The zero-order valence-corrected chi connectivity index (χ0v) is 6.44. The summed E-state index contributed by atoms with van der Waals surface area (Å²) < 4.78 is 3.88. The maximum absolute atomic E-state index is 10.2. The Hall–Kier alpha value is -0.696. The standard InChI is InChI=1S/C5H6O4.Ni/c1-3(6)5(8)9-4(2)7;/h1-2H3;. The molecule has 0 spiro atoms. The van der Waals surface area contributed by atoms with Gasteiger partial charge in [-0.1, -0.05) is 0 Å². The van der Waals surface area contributed by atoms with Crippen LogP contribution in [0, 0.1) is 0 Å². The van der Waals surface area contributed by atoms with Crippen LogP contribution in [0.5, 0.6) is 0 Å². The summed E-state index contributed by atoms with van der Waals surface area (Å²) in [5.74, 6) is -2.65. The maximum Gasteiger partial charge on any atom is 0.381 e. The van der Waals surface area contributed by atoms with Gasteiger partial charge in [0.2, 0.25) is 5.78 Å². The van der Waals surface area contributed by atoms with E-state index in [9.17, 15) is 14.4 Å². The SMILES string of the molecule is CC(=O)OC(=O)C(C)=O.[Ni]. The summed E-state index contributed by atoms with van der Waals surface area (Å²) in [6, 6.07) is 0. The van der Waals surface area contributed by atoms with Crippen molar-refractivity contribution in [2.45, 2.75) is 13.8 Å². The van der Waals surface area contributed by atoms with Gasteiger partial charge in [-0.15, -0.1) is 0 Å². The number of rotatable bonds is 1. The predicted octanol–water partition coefficient (Wildman–Crippen LogP) is -0.337. The molecular formula is C5H6NiO4. The summed E-state index contributed by atoms with van der Waals surface area (Å²) in [4.78, 5) is 30.2. The van der Waals surface area contributed by atoms with Crippen molar-refractivity contribution in [1.29, 1.82) is 0 Å². The average Bonchev–Trinajstić information content (AvgIpc) is 1.63. The molecule has 0 aromatic heterocycles. The van der Waals surface area contributed by atoms with Gasteiger partial charge in [-0.2, -0.15) is 0 Å². The maximum atomic E-state index is 10.2. The molecule has 0 heterocycles. The van der Waals surface area contributed by atoms with E-state index in [0.717, 1.165) is 13.8 Å². The van der Waals surface area contributed by atoms with Crippen LogP contribution in [0.15, 0.2) is 0 Å². The molecule has 0 N–H and O–H groups in total. The molecule has 0 aromatic rings. The molecule has 0 aliphatic heterocycles. The van der Waals surface area contributed by atoms with E-state index in [0.29, 0.717) is 0 Å². The van der Waals surface area contributed by atoms with Crippen LogP contribution in [0.25, 0.3) is 0 Å².